The molecule has 8 heteroatoms. The summed E-state index contributed by atoms with van der Waals surface area (Å²) in [6.07, 6.45) is 2.12. The normalized spacial score (nSPS) is 12.5. The monoisotopic (exact) mass is 368 g/mol. The Balaban J connectivity index is 1.63. The third-order valence-corrected chi connectivity index (χ3v) is 5.27. The number of nitrogens with one attached hydrogen (secondary N) is 1. The number of fused-ring (bicyclic) bond motifs is 3. The Morgan fingerprint density at radius 1 is 1.31 bits per heavy atom. The third-order valence-electron chi connectivity index (χ3n) is 3.92. The summed E-state index contributed by atoms with van der Waals surface area (Å²) >= 11 is 1.35. The molecule has 0 bridgehead atoms. The number of benzene rings is 1. The summed E-state index contributed by atoms with van der Waals surface area (Å²) in [5, 5.41) is 7.79. The fraction of sp³-hybridized carbons (Fsp3) is 0.222. The van der Waals surface area contributed by atoms with E-state index < -0.39 is 0 Å². The van der Waals surface area contributed by atoms with Crippen LogP contribution in [0.15, 0.2) is 50.6 Å². The Kier molecular flexibility index (Phi) is 4.34. The number of hydrogen-bond donors (Lipinski definition) is 1. The lowest BCUT2D eigenvalue weighted by Gasteiger charge is -2.12. The van der Waals surface area contributed by atoms with Gasteiger partial charge in [0.2, 0.25) is 5.91 Å². The molecule has 132 valence electrons. The van der Waals surface area contributed by atoms with Gasteiger partial charge in [0.25, 0.3) is 0 Å². The highest BCUT2D eigenvalue weighted by atomic mass is 32.2. The van der Waals surface area contributed by atoms with E-state index in [1.165, 1.54) is 18.1 Å². The maximum absolute atomic E-state index is 12.6. The summed E-state index contributed by atoms with van der Waals surface area (Å²) in [6, 6.07) is 9.38. The number of carbonyl (C=O) groups excluding carboxylic acids is 1. The zero-order valence-electron chi connectivity index (χ0n) is 14.2. The van der Waals surface area contributed by atoms with Gasteiger partial charge in [-0.2, -0.15) is 0 Å². The van der Waals surface area contributed by atoms with Crippen LogP contribution in [0.1, 0.15) is 19.1 Å². The van der Waals surface area contributed by atoms with Crippen molar-refractivity contribution < 1.29 is 13.7 Å². The summed E-state index contributed by atoms with van der Waals surface area (Å²) in [5.74, 6) is 0.887. The van der Waals surface area contributed by atoms with E-state index in [-0.39, 0.29) is 11.2 Å². The van der Waals surface area contributed by atoms with Crippen LogP contribution in [0.3, 0.4) is 0 Å². The molecule has 0 aliphatic carbocycles. The number of carbonyl (C=O) groups is 1. The van der Waals surface area contributed by atoms with Crippen molar-refractivity contribution in [1.29, 1.82) is 0 Å². The molecule has 26 heavy (non-hydrogen) atoms. The van der Waals surface area contributed by atoms with E-state index in [1.54, 1.807) is 13.0 Å². The van der Waals surface area contributed by atoms with Crippen molar-refractivity contribution >= 4 is 45.6 Å². The molecule has 1 amide bonds. The van der Waals surface area contributed by atoms with Gasteiger partial charge in [-0.05, 0) is 25.5 Å². The first-order valence-electron chi connectivity index (χ1n) is 8.18. The van der Waals surface area contributed by atoms with E-state index >= 15 is 0 Å². The van der Waals surface area contributed by atoms with Gasteiger partial charge in [0.15, 0.2) is 11.4 Å². The second-order valence-corrected chi connectivity index (χ2v) is 6.97. The number of thioether (sulfide) groups is 1. The van der Waals surface area contributed by atoms with Crippen LogP contribution in [0, 0.1) is 6.92 Å². The van der Waals surface area contributed by atoms with Crippen molar-refractivity contribution in [1.82, 2.24) is 15.1 Å². The summed E-state index contributed by atoms with van der Waals surface area (Å²) in [7, 11) is 0. The average Bonchev–Trinajstić information content (AvgIpc) is 3.23. The van der Waals surface area contributed by atoms with Crippen LogP contribution < -0.4 is 5.32 Å². The van der Waals surface area contributed by atoms with Gasteiger partial charge >= 0.3 is 0 Å². The van der Waals surface area contributed by atoms with Gasteiger partial charge < -0.3 is 14.3 Å². The Bertz CT molecular complexity index is 1090. The second kappa shape index (κ2) is 6.80. The van der Waals surface area contributed by atoms with Crippen molar-refractivity contribution in [2.75, 3.05) is 5.32 Å². The molecule has 0 radical (unpaired) electrons. The SMILES string of the molecule is CCC(Sc1ncnc2c1oc1ccccc12)C(=O)Nc1cc(C)on1. The molecule has 0 aliphatic heterocycles. The van der Waals surface area contributed by atoms with Crippen LogP contribution in [0.2, 0.25) is 0 Å². The van der Waals surface area contributed by atoms with Crippen LogP contribution in [0.5, 0.6) is 0 Å². The first kappa shape index (κ1) is 16.6. The van der Waals surface area contributed by atoms with E-state index in [1.807, 2.05) is 31.2 Å². The molecule has 1 atom stereocenters. The number of furan rings is 1. The van der Waals surface area contributed by atoms with E-state index in [9.17, 15) is 4.79 Å². The van der Waals surface area contributed by atoms with E-state index in [0.717, 1.165) is 16.5 Å². The highest BCUT2D eigenvalue weighted by molar-refractivity contribution is 8.00. The van der Waals surface area contributed by atoms with E-state index in [2.05, 4.69) is 20.4 Å². The minimum absolute atomic E-state index is 0.159. The zero-order chi connectivity index (χ0) is 18.1. The Morgan fingerprint density at radius 2 is 2.15 bits per heavy atom. The fourth-order valence-electron chi connectivity index (χ4n) is 2.68. The predicted octanol–water partition coefficient (Wildman–Crippen LogP) is 4.18. The molecular formula is C18H16N4O3S. The topological polar surface area (TPSA) is 94.0 Å². The number of rotatable bonds is 5. The van der Waals surface area contributed by atoms with Gasteiger partial charge in [0.1, 0.15) is 28.2 Å². The molecule has 1 aromatic carbocycles. The maximum Gasteiger partial charge on any atom is 0.239 e. The van der Waals surface area contributed by atoms with Crippen molar-refractivity contribution in [3.63, 3.8) is 0 Å². The second-order valence-electron chi connectivity index (χ2n) is 5.78. The number of amides is 1. The quantitative estimate of drug-likeness (QED) is 0.417. The van der Waals surface area contributed by atoms with Crippen LogP contribution >= 0.6 is 11.8 Å². The number of aromatic nitrogens is 3. The van der Waals surface area contributed by atoms with Gasteiger partial charge in [0.05, 0.1) is 5.25 Å². The summed E-state index contributed by atoms with van der Waals surface area (Å²) in [5.41, 5.74) is 2.10. The lowest BCUT2D eigenvalue weighted by Crippen LogP contribution is -2.24. The van der Waals surface area contributed by atoms with E-state index in [4.69, 9.17) is 8.94 Å². The van der Waals surface area contributed by atoms with Crippen LogP contribution in [-0.4, -0.2) is 26.3 Å². The maximum atomic E-state index is 12.6. The van der Waals surface area contributed by atoms with Crippen molar-refractivity contribution in [2.45, 2.75) is 30.5 Å². The molecule has 4 rings (SSSR count). The number of aryl methyl sites for hydroxylation is 1. The van der Waals surface area contributed by atoms with E-state index in [0.29, 0.717) is 28.6 Å². The Labute approximate surface area is 153 Å². The highest BCUT2D eigenvalue weighted by Crippen LogP contribution is 2.35. The lowest BCUT2D eigenvalue weighted by molar-refractivity contribution is -0.115. The highest BCUT2D eigenvalue weighted by Gasteiger charge is 2.23. The molecule has 1 N–H and O–H groups in total. The van der Waals surface area contributed by atoms with Gasteiger partial charge in [-0.3, -0.25) is 4.79 Å². The number of hydrogen-bond acceptors (Lipinski definition) is 7. The minimum Gasteiger partial charge on any atom is -0.451 e. The molecule has 0 spiro atoms. The van der Waals surface area contributed by atoms with Gasteiger partial charge in [-0.1, -0.05) is 36.0 Å². The summed E-state index contributed by atoms with van der Waals surface area (Å²) < 4.78 is 10.9. The molecular weight excluding hydrogens is 352 g/mol. The number of nitrogens with zero attached hydrogens (tertiary/aromatic N) is 3. The molecule has 0 aliphatic rings. The molecule has 3 heterocycles. The lowest BCUT2D eigenvalue weighted by atomic mass is 10.2. The van der Waals surface area contributed by atoms with Crippen LogP contribution in [0.25, 0.3) is 22.1 Å². The molecule has 1 unspecified atom stereocenters. The van der Waals surface area contributed by atoms with Crippen molar-refractivity contribution in [3.8, 4) is 0 Å². The average molecular weight is 368 g/mol. The Hall–Kier alpha value is -2.87. The molecule has 0 saturated heterocycles. The van der Waals surface area contributed by atoms with Crippen LogP contribution in [0.4, 0.5) is 5.82 Å². The molecule has 0 saturated carbocycles. The van der Waals surface area contributed by atoms with Gasteiger partial charge in [-0.25, -0.2) is 9.97 Å². The molecule has 7 nitrogen and oxygen atoms in total. The zero-order valence-corrected chi connectivity index (χ0v) is 15.0. The summed E-state index contributed by atoms with van der Waals surface area (Å²) in [6.45, 7) is 3.72. The number of para-hydroxylation sites is 1. The molecule has 0 fully saturated rings. The first-order chi connectivity index (χ1) is 12.7. The number of anilines is 1. The molecule has 4 aromatic rings. The smallest absolute Gasteiger partial charge is 0.239 e. The third kappa shape index (κ3) is 3.03. The molecule has 3 aromatic heterocycles. The van der Waals surface area contributed by atoms with Crippen LogP contribution in [-0.2, 0) is 4.79 Å². The van der Waals surface area contributed by atoms with Gasteiger partial charge in [-0.15, -0.1) is 0 Å². The van der Waals surface area contributed by atoms with Gasteiger partial charge in [0, 0.05) is 11.5 Å². The summed E-state index contributed by atoms with van der Waals surface area (Å²) in [4.78, 5) is 21.2. The predicted molar refractivity (Wildman–Crippen MR) is 99.1 cm³/mol. The standard InChI is InChI=1S/C18H16N4O3S/c1-3-13(17(23)21-14-8-10(2)25-22-14)26-18-16-15(19-9-20-18)11-6-4-5-7-12(11)24-16/h4-9,13H,3H2,1-2H3,(H,21,22,23). The largest absolute Gasteiger partial charge is 0.451 e. The first-order valence-corrected chi connectivity index (χ1v) is 9.06. The Morgan fingerprint density at radius 3 is 2.92 bits per heavy atom. The minimum atomic E-state index is -0.349. The van der Waals surface area contributed by atoms with Crippen molar-refractivity contribution in [3.05, 3.63) is 42.4 Å². The fourth-order valence-corrected chi connectivity index (χ4v) is 3.63. The van der Waals surface area contributed by atoms with Crippen molar-refractivity contribution in [2.24, 2.45) is 0 Å².